The quantitative estimate of drug-likeness (QED) is 0.167. The van der Waals surface area contributed by atoms with Crippen LogP contribution in [-0.2, 0) is 0 Å². The van der Waals surface area contributed by atoms with Gasteiger partial charge in [-0.3, -0.25) is 9.97 Å². The average molecular weight is 689 g/mol. The van der Waals surface area contributed by atoms with Crippen molar-refractivity contribution in [1.82, 2.24) is 24.9 Å². The molecule has 0 aliphatic heterocycles. The van der Waals surface area contributed by atoms with Gasteiger partial charge in [0.2, 0.25) is 0 Å². The summed E-state index contributed by atoms with van der Waals surface area (Å²) in [5.41, 5.74) is 9.34. The Morgan fingerprint density at radius 1 is 0.370 bits per heavy atom. The highest BCUT2D eigenvalue weighted by Gasteiger charge is 2.18. The highest BCUT2D eigenvalue weighted by atomic mass is 15.0. The fourth-order valence-electron chi connectivity index (χ4n) is 7.39. The molecule has 0 unspecified atom stereocenters. The van der Waals surface area contributed by atoms with E-state index in [0.717, 1.165) is 82.3 Å². The van der Waals surface area contributed by atoms with Crippen LogP contribution in [0.4, 0.5) is 0 Å². The lowest BCUT2D eigenvalue weighted by molar-refractivity contribution is 1.07. The number of hydrogen-bond acceptors (Lipinski definition) is 6. The summed E-state index contributed by atoms with van der Waals surface area (Å²) in [6.07, 6.45) is 3.71. The van der Waals surface area contributed by atoms with Gasteiger partial charge in [0.1, 0.15) is 0 Å². The van der Waals surface area contributed by atoms with Crippen LogP contribution in [0.25, 0.3) is 99.8 Å². The van der Waals surface area contributed by atoms with Gasteiger partial charge in [0, 0.05) is 51.0 Å². The molecule has 0 atom stereocenters. The number of benzene rings is 7. The molecule has 0 saturated heterocycles. The lowest BCUT2D eigenvalue weighted by Crippen LogP contribution is -2.00. The Labute approximate surface area is 310 Å². The second-order valence-electron chi connectivity index (χ2n) is 13.3. The third-order valence-electron chi connectivity index (χ3n) is 9.99. The molecule has 0 aliphatic rings. The summed E-state index contributed by atoms with van der Waals surface area (Å²) in [5, 5.41) is 15.8. The van der Waals surface area contributed by atoms with Crippen LogP contribution in [0.5, 0.6) is 0 Å². The van der Waals surface area contributed by atoms with Gasteiger partial charge in [-0.25, -0.2) is 15.0 Å². The second kappa shape index (κ2) is 12.9. The normalized spacial score (nSPS) is 11.3. The number of fused-ring (bicyclic) bond motifs is 6. The molecule has 0 N–H and O–H groups in total. The van der Waals surface area contributed by atoms with Crippen LogP contribution < -0.4 is 0 Å². The smallest absolute Gasteiger partial charge is 0.164 e. The molecule has 6 nitrogen and oxygen atoms in total. The first-order valence-electron chi connectivity index (χ1n) is 17.7. The minimum atomic E-state index is 0.598. The summed E-state index contributed by atoms with van der Waals surface area (Å²) in [7, 11) is 0. The van der Waals surface area contributed by atoms with Crippen LogP contribution in [0, 0.1) is 11.3 Å². The Hall–Kier alpha value is -7.62. The van der Waals surface area contributed by atoms with Crippen molar-refractivity contribution in [3.8, 4) is 62.5 Å². The highest BCUT2D eigenvalue weighted by Crippen LogP contribution is 2.41. The Balaban J connectivity index is 1.16. The van der Waals surface area contributed by atoms with E-state index >= 15 is 0 Å². The van der Waals surface area contributed by atoms with Crippen molar-refractivity contribution in [2.45, 2.75) is 0 Å². The molecule has 0 amide bonds. The van der Waals surface area contributed by atoms with Crippen LogP contribution in [0.1, 0.15) is 5.56 Å². The topological polar surface area (TPSA) is 88.2 Å². The van der Waals surface area contributed by atoms with Gasteiger partial charge in [0.05, 0.1) is 22.7 Å². The first kappa shape index (κ1) is 31.1. The number of aromatic nitrogens is 5. The first-order valence-corrected chi connectivity index (χ1v) is 17.7. The van der Waals surface area contributed by atoms with Crippen molar-refractivity contribution < 1.29 is 0 Å². The Kier molecular flexibility index (Phi) is 7.41. The zero-order valence-corrected chi connectivity index (χ0v) is 28.8. The summed E-state index contributed by atoms with van der Waals surface area (Å²) in [6.45, 7) is 0. The molecule has 0 aliphatic carbocycles. The van der Waals surface area contributed by atoms with E-state index in [2.05, 4.69) is 72.8 Å². The second-order valence-corrected chi connectivity index (χ2v) is 13.3. The van der Waals surface area contributed by atoms with Gasteiger partial charge in [0.15, 0.2) is 17.5 Å². The van der Waals surface area contributed by atoms with Gasteiger partial charge in [-0.1, -0.05) is 109 Å². The van der Waals surface area contributed by atoms with E-state index in [-0.39, 0.29) is 0 Å². The van der Waals surface area contributed by atoms with E-state index in [1.807, 2.05) is 103 Å². The van der Waals surface area contributed by atoms with Crippen LogP contribution in [0.15, 0.2) is 170 Å². The Morgan fingerprint density at radius 2 is 0.870 bits per heavy atom. The minimum absolute atomic E-state index is 0.598. The van der Waals surface area contributed by atoms with E-state index in [9.17, 15) is 5.26 Å². The largest absolute Gasteiger partial charge is 0.256 e. The molecule has 0 bridgehead atoms. The molecule has 3 aromatic heterocycles. The number of nitriles is 1. The van der Waals surface area contributed by atoms with Gasteiger partial charge in [-0.15, -0.1) is 0 Å². The number of hydrogen-bond donors (Lipinski definition) is 0. The van der Waals surface area contributed by atoms with Crippen molar-refractivity contribution in [2.75, 3.05) is 0 Å². The molecule has 10 rings (SSSR count). The molecular weight excluding hydrogens is 661 g/mol. The molecular formula is C48H28N6. The van der Waals surface area contributed by atoms with Gasteiger partial charge < -0.3 is 0 Å². The number of rotatable bonds is 5. The molecule has 6 heteroatoms. The molecule has 10 aromatic rings. The van der Waals surface area contributed by atoms with E-state index in [4.69, 9.17) is 24.9 Å². The highest BCUT2D eigenvalue weighted by molar-refractivity contribution is 6.22. The van der Waals surface area contributed by atoms with Crippen molar-refractivity contribution >= 4 is 43.4 Å². The zero-order valence-electron chi connectivity index (χ0n) is 28.8. The molecule has 54 heavy (non-hydrogen) atoms. The zero-order chi connectivity index (χ0) is 36.0. The maximum atomic E-state index is 9.42. The molecule has 0 saturated carbocycles. The standard InChI is InChI=1S/C48H28N6/c49-29-30-18-19-34-25-36(21-20-33(34)24-30)41-28-43-38-16-8-22-50-44(38)40(27-42(43)39-17-9-23-51-45(39)41)35-14-7-15-37(26-35)48-53-46(31-10-3-1-4-11-31)52-47(54-48)32-12-5-2-6-13-32/h1-28H. The number of pyridine rings is 2. The summed E-state index contributed by atoms with van der Waals surface area (Å²) in [6, 6.07) is 55.7. The molecule has 0 fully saturated rings. The van der Waals surface area contributed by atoms with Crippen LogP contribution in [-0.4, -0.2) is 24.9 Å². The summed E-state index contributed by atoms with van der Waals surface area (Å²) < 4.78 is 0. The lowest BCUT2D eigenvalue weighted by atomic mass is 9.90. The fourth-order valence-corrected chi connectivity index (χ4v) is 7.39. The van der Waals surface area contributed by atoms with Gasteiger partial charge in [-0.05, 0) is 81.2 Å². The number of nitrogens with zero attached hydrogens (tertiary/aromatic N) is 6. The van der Waals surface area contributed by atoms with E-state index in [1.165, 1.54) is 0 Å². The van der Waals surface area contributed by atoms with Crippen molar-refractivity contribution in [3.05, 3.63) is 176 Å². The third-order valence-corrected chi connectivity index (χ3v) is 9.99. The molecule has 0 radical (unpaired) electrons. The van der Waals surface area contributed by atoms with Crippen molar-refractivity contribution in [1.29, 1.82) is 5.26 Å². The minimum Gasteiger partial charge on any atom is -0.256 e. The third kappa shape index (κ3) is 5.40. The van der Waals surface area contributed by atoms with Crippen molar-refractivity contribution in [2.24, 2.45) is 0 Å². The van der Waals surface area contributed by atoms with Crippen molar-refractivity contribution in [3.63, 3.8) is 0 Å². The van der Waals surface area contributed by atoms with Gasteiger partial charge >= 0.3 is 0 Å². The SMILES string of the molecule is N#Cc1ccc2cc(-c3cc4c5cccnc5c(-c5cccc(-c6nc(-c7ccccc7)nc(-c7ccccc7)n6)c5)cc4c4cccnc34)ccc2c1. The van der Waals surface area contributed by atoms with Gasteiger partial charge in [0.25, 0.3) is 0 Å². The molecule has 7 aromatic carbocycles. The molecule has 3 heterocycles. The molecule has 250 valence electrons. The predicted molar refractivity (Wildman–Crippen MR) is 217 cm³/mol. The first-order chi connectivity index (χ1) is 26.7. The van der Waals surface area contributed by atoms with E-state index < -0.39 is 0 Å². The van der Waals surface area contributed by atoms with Crippen LogP contribution in [0.3, 0.4) is 0 Å². The fraction of sp³-hybridized carbons (Fsp3) is 0. The summed E-state index contributed by atoms with van der Waals surface area (Å²) in [5.74, 6) is 1.84. The van der Waals surface area contributed by atoms with Crippen LogP contribution in [0.2, 0.25) is 0 Å². The predicted octanol–water partition coefficient (Wildman–Crippen LogP) is 11.5. The maximum absolute atomic E-state index is 9.42. The Bertz CT molecular complexity index is 3060. The Morgan fingerprint density at radius 3 is 1.46 bits per heavy atom. The van der Waals surface area contributed by atoms with E-state index in [0.29, 0.717) is 23.0 Å². The van der Waals surface area contributed by atoms with E-state index in [1.54, 1.807) is 0 Å². The van der Waals surface area contributed by atoms with Gasteiger partial charge in [-0.2, -0.15) is 5.26 Å². The molecule has 0 spiro atoms. The lowest BCUT2D eigenvalue weighted by Gasteiger charge is -2.15. The maximum Gasteiger partial charge on any atom is 0.164 e. The van der Waals surface area contributed by atoms with Crippen LogP contribution >= 0.6 is 0 Å². The average Bonchev–Trinajstić information content (AvgIpc) is 3.26. The monoisotopic (exact) mass is 688 g/mol. The summed E-state index contributed by atoms with van der Waals surface area (Å²) in [4.78, 5) is 24.8. The summed E-state index contributed by atoms with van der Waals surface area (Å²) >= 11 is 0.